The Bertz CT molecular complexity index is 2060. The zero-order chi connectivity index (χ0) is 39.0. The summed E-state index contributed by atoms with van der Waals surface area (Å²) < 4.78 is 43.0. The number of carbonyl (C=O) groups is 1. The van der Waals surface area contributed by atoms with Gasteiger partial charge < -0.3 is 14.1 Å². The van der Waals surface area contributed by atoms with Crippen molar-refractivity contribution in [2.45, 2.75) is 78.0 Å². The molecule has 0 saturated carbocycles. The van der Waals surface area contributed by atoms with Crippen LogP contribution in [-0.2, 0) is 18.3 Å². The highest BCUT2D eigenvalue weighted by atomic mass is 31.1. The second-order valence-corrected chi connectivity index (χ2v) is 20.6. The number of rotatable bonds is 14. The van der Waals surface area contributed by atoms with Gasteiger partial charge in [-0.05, 0) is 63.0 Å². The number of aromatic nitrogens is 1. The first-order valence-electron chi connectivity index (χ1n) is 18.4. The molecule has 5 aromatic rings. The molecule has 6 nitrogen and oxygen atoms in total. The molecule has 2 atom stereocenters. The van der Waals surface area contributed by atoms with E-state index < -0.39 is 33.5 Å². The summed E-state index contributed by atoms with van der Waals surface area (Å²) in [6, 6.07) is 36.6. The molecule has 0 spiro atoms. The van der Waals surface area contributed by atoms with Gasteiger partial charge in [0.05, 0.1) is 17.7 Å². The fourth-order valence-corrected chi connectivity index (χ4v) is 13.0. The molecule has 0 aliphatic rings. The normalized spacial score (nSPS) is 12.7. The fraction of sp³-hybridized carbons (Fsp3) is 0.311. The predicted octanol–water partition coefficient (Wildman–Crippen LogP) is 10.2. The van der Waals surface area contributed by atoms with E-state index in [2.05, 4.69) is 77.0 Å². The molecule has 0 aliphatic carbocycles. The molecule has 1 N–H and O–H groups in total. The number of halogens is 1. The van der Waals surface area contributed by atoms with Crippen molar-refractivity contribution in [3.63, 3.8) is 0 Å². The number of aliphatic carboxylic acids is 1. The maximum atomic E-state index is 14.2. The van der Waals surface area contributed by atoms with Gasteiger partial charge in [-0.3, -0.25) is 4.79 Å². The van der Waals surface area contributed by atoms with Crippen LogP contribution in [0.1, 0.15) is 78.1 Å². The van der Waals surface area contributed by atoms with Gasteiger partial charge in [-0.2, -0.15) is 0 Å². The first kappa shape index (κ1) is 40.5. The summed E-state index contributed by atoms with van der Waals surface area (Å²) in [7, 11) is -5.48. The highest BCUT2D eigenvalue weighted by molar-refractivity contribution is 7.39. The van der Waals surface area contributed by atoms with Crippen LogP contribution < -0.4 is 10.4 Å². The third-order valence-electron chi connectivity index (χ3n) is 9.50. The minimum absolute atomic E-state index is 0.0970. The lowest BCUT2D eigenvalue weighted by Gasteiger charge is -2.44. The van der Waals surface area contributed by atoms with Crippen molar-refractivity contribution in [1.82, 2.24) is 4.57 Å². The lowest BCUT2D eigenvalue weighted by molar-refractivity contribution is -0.138. The van der Waals surface area contributed by atoms with E-state index in [0.29, 0.717) is 0 Å². The summed E-state index contributed by atoms with van der Waals surface area (Å²) in [4.78, 5) is 12.2. The van der Waals surface area contributed by atoms with Crippen LogP contribution in [0.2, 0.25) is 5.04 Å². The van der Waals surface area contributed by atoms with Crippen molar-refractivity contribution in [3.05, 3.63) is 132 Å². The van der Waals surface area contributed by atoms with Crippen molar-refractivity contribution in [3.8, 4) is 34.2 Å². The minimum Gasteiger partial charge on any atom is -0.481 e. The number of hydrogen-bond donors (Lipinski definition) is 1. The first-order chi connectivity index (χ1) is 25.7. The van der Waals surface area contributed by atoms with Crippen molar-refractivity contribution in [1.29, 1.82) is 0 Å². The van der Waals surface area contributed by atoms with Gasteiger partial charge in [0.25, 0.3) is 8.32 Å². The molecule has 9 heteroatoms. The van der Waals surface area contributed by atoms with Gasteiger partial charge in [-0.1, -0.05) is 150 Å². The molecule has 0 bridgehead atoms. The zero-order valence-corrected chi connectivity index (χ0v) is 34.1. The van der Waals surface area contributed by atoms with Crippen LogP contribution in [0.4, 0.5) is 4.39 Å². The fourth-order valence-electron chi connectivity index (χ4n) is 7.34. The average molecular weight is 763 g/mol. The third kappa shape index (κ3) is 9.00. The van der Waals surface area contributed by atoms with E-state index in [-0.39, 0.29) is 37.0 Å². The summed E-state index contributed by atoms with van der Waals surface area (Å²) in [5.41, 5.74) is 5.60. The number of carboxylic acids is 1. The molecule has 280 valence electrons. The monoisotopic (exact) mass is 762 g/mol. The maximum absolute atomic E-state index is 14.2. The Labute approximate surface area is 321 Å². The Morgan fingerprint density at radius 1 is 0.833 bits per heavy atom. The molecule has 0 saturated heterocycles. The van der Waals surface area contributed by atoms with Crippen LogP contribution in [-0.4, -0.2) is 42.8 Å². The highest BCUT2D eigenvalue weighted by Gasteiger charge is 2.52. The topological polar surface area (TPSA) is 77.8 Å². The van der Waals surface area contributed by atoms with Gasteiger partial charge in [-0.15, -0.1) is 4.52 Å². The summed E-state index contributed by atoms with van der Waals surface area (Å²) in [6.07, 6.45) is -1.31. The standard InChI is InChI=1S/C45H49FNO5PSi/c1-32(2)43-40(42(34-25-27-36(46)28-26-34)44(47(43)33(3)4)35-18-11-8-12-19-35)24-17-29-51-53(50)31-37(30-41(48)49)52-54(45(5,6)7,38-20-13-9-14-21-38)39-22-15-10-16-23-39/h8-16,18-23,25-28,32-33,37H,29-31H2,1-7H3/p+1. The van der Waals surface area contributed by atoms with Crippen LogP contribution in [0, 0.1) is 17.7 Å². The molecule has 1 heterocycles. The molecule has 0 aliphatic heterocycles. The smallest absolute Gasteiger partial charge is 0.481 e. The Hall–Kier alpha value is -4.64. The molecule has 5 rings (SSSR count). The summed E-state index contributed by atoms with van der Waals surface area (Å²) in [6.45, 7) is 14.7. The quantitative estimate of drug-likeness (QED) is 0.0693. The number of benzene rings is 4. The number of carboxylic acid groups (broad SMARTS) is 1. The summed E-state index contributed by atoms with van der Waals surface area (Å²) in [5.74, 6) is 5.23. The van der Waals surface area contributed by atoms with E-state index in [1.807, 2.05) is 78.9 Å². The van der Waals surface area contributed by atoms with Crippen LogP contribution in [0.25, 0.3) is 22.4 Å². The second kappa shape index (κ2) is 17.7. The van der Waals surface area contributed by atoms with Crippen molar-refractivity contribution in [2.24, 2.45) is 0 Å². The third-order valence-corrected chi connectivity index (χ3v) is 15.7. The summed E-state index contributed by atoms with van der Waals surface area (Å²) in [5, 5.41) is 11.6. The van der Waals surface area contributed by atoms with E-state index in [1.165, 1.54) is 12.1 Å². The lowest BCUT2D eigenvalue weighted by Crippen LogP contribution is -2.68. The average Bonchev–Trinajstić information content (AvgIpc) is 3.49. The molecule has 0 radical (unpaired) electrons. The highest BCUT2D eigenvalue weighted by Crippen LogP contribution is 2.44. The minimum atomic E-state index is -3.13. The molecule has 54 heavy (non-hydrogen) atoms. The Morgan fingerprint density at radius 3 is 1.85 bits per heavy atom. The van der Waals surface area contributed by atoms with Crippen LogP contribution in [0.3, 0.4) is 0 Å². The van der Waals surface area contributed by atoms with Crippen LogP contribution in [0.5, 0.6) is 0 Å². The van der Waals surface area contributed by atoms with E-state index in [0.717, 1.165) is 44.0 Å². The Kier molecular flexibility index (Phi) is 13.3. The second-order valence-electron chi connectivity index (χ2n) is 15.1. The molecular weight excluding hydrogens is 713 g/mol. The predicted molar refractivity (Wildman–Crippen MR) is 220 cm³/mol. The largest absolute Gasteiger partial charge is 0.511 e. The van der Waals surface area contributed by atoms with Gasteiger partial charge in [0.15, 0.2) is 6.61 Å². The first-order valence-corrected chi connectivity index (χ1v) is 21.7. The van der Waals surface area contributed by atoms with Gasteiger partial charge in [0, 0.05) is 17.3 Å². The molecule has 2 unspecified atom stereocenters. The molecular formula is C45H50FNO5PSi+. The van der Waals surface area contributed by atoms with Crippen LogP contribution >= 0.6 is 8.03 Å². The maximum Gasteiger partial charge on any atom is 0.511 e. The summed E-state index contributed by atoms with van der Waals surface area (Å²) >= 11 is 0. The number of nitrogens with zero attached hydrogens (tertiary/aromatic N) is 1. The van der Waals surface area contributed by atoms with Gasteiger partial charge in [-0.25, -0.2) is 4.39 Å². The van der Waals surface area contributed by atoms with Crippen molar-refractivity contribution < 1.29 is 27.8 Å². The molecule has 1 aromatic heterocycles. The van der Waals surface area contributed by atoms with E-state index in [4.69, 9.17) is 8.95 Å². The molecule has 4 aromatic carbocycles. The lowest BCUT2D eigenvalue weighted by atomic mass is 9.95. The van der Waals surface area contributed by atoms with Gasteiger partial charge in [0.2, 0.25) is 6.16 Å². The van der Waals surface area contributed by atoms with Crippen molar-refractivity contribution >= 4 is 32.7 Å². The number of hydrogen-bond acceptors (Lipinski definition) is 4. The molecule has 0 fully saturated rings. The molecule has 0 amide bonds. The van der Waals surface area contributed by atoms with E-state index in [9.17, 15) is 18.9 Å². The van der Waals surface area contributed by atoms with Gasteiger partial charge >= 0.3 is 14.0 Å². The van der Waals surface area contributed by atoms with E-state index >= 15 is 0 Å². The van der Waals surface area contributed by atoms with Crippen molar-refractivity contribution in [2.75, 3.05) is 12.8 Å². The SMILES string of the molecule is CC(C)c1c(C#CCO[P+](=O)CC(CC(=O)O)O[Si](c2ccccc2)(c2ccccc2)C(C)(C)C)c(-c2ccc(F)cc2)c(-c2ccccc2)n1C(C)C. The Balaban J connectivity index is 1.49. The van der Waals surface area contributed by atoms with Gasteiger partial charge in [0.1, 0.15) is 11.9 Å². The Morgan fingerprint density at radius 2 is 1.37 bits per heavy atom. The van der Waals surface area contributed by atoms with E-state index in [1.54, 1.807) is 12.1 Å². The van der Waals surface area contributed by atoms with Crippen LogP contribution in [0.15, 0.2) is 115 Å². The zero-order valence-electron chi connectivity index (χ0n) is 32.2.